The molecule has 0 spiro atoms. The van der Waals surface area contributed by atoms with Crippen LogP contribution in [0.3, 0.4) is 0 Å². The first kappa shape index (κ1) is 21.2. The SMILES string of the molecule is CNS(=O)(=O)c1ccc(C=CC(=O)Nc2nnc(SCc3ccccc3)s2)cc1. The summed E-state index contributed by atoms with van der Waals surface area (Å²) in [6.07, 6.45) is 2.96. The molecule has 1 heterocycles. The summed E-state index contributed by atoms with van der Waals surface area (Å²) < 4.78 is 26.4. The van der Waals surface area contributed by atoms with E-state index in [1.54, 1.807) is 30.0 Å². The number of benzene rings is 2. The van der Waals surface area contributed by atoms with Crippen LogP contribution in [0.5, 0.6) is 0 Å². The topological polar surface area (TPSA) is 101 Å². The fraction of sp³-hybridized carbons (Fsp3) is 0.105. The zero-order chi connectivity index (χ0) is 20.7. The van der Waals surface area contributed by atoms with Crippen LogP contribution in [0.25, 0.3) is 6.08 Å². The Kier molecular flexibility index (Phi) is 7.15. The summed E-state index contributed by atoms with van der Waals surface area (Å²) >= 11 is 2.87. The lowest BCUT2D eigenvalue weighted by atomic mass is 10.2. The van der Waals surface area contributed by atoms with Gasteiger partial charge in [0.05, 0.1) is 4.90 Å². The normalized spacial score (nSPS) is 11.6. The zero-order valence-corrected chi connectivity index (χ0v) is 17.9. The van der Waals surface area contributed by atoms with Crippen molar-refractivity contribution >= 4 is 50.2 Å². The van der Waals surface area contributed by atoms with Crippen molar-refractivity contribution in [3.8, 4) is 0 Å². The summed E-state index contributed by atoms with van der Waals surface area (Å²) in [5.41, 5.74) is 1.89. The Balaban J connectivity index is 1.53. The number of hydrogen-bond donors (Lipinski definition) is 2. The third kappa shape index (κ3) is 6.23. The minimum Gasteiger partial charge on any atom is -0.297 e. The number of thioether (sulfide) groups is 1. The molecule has 0 unspecified atom stereocenters. The van der Waals surface area contributed by atoms with Crippen LogP contribution in [0, 0.1) is 0 Å². The van der Waals surface area contributed by atoms with Gasteiger partial charge < -0.3 is 0 Å². The average molecular weight is 447 g/mol. The van der Waals surface area contributed by atoms with Gasteiger partial charge in [-0.1, -0.05) is 65.6 Å². The highest BCUT2D eigenvalue weighted by atomic mass is 32.2. The van der Waals surface area contributed by atoms with Gasteiger partial charge in [-0.05, 0) is 36.4 Å². The number of aromatic nitrogens is 2. The molecule has 0 aliphatic rings. The van der Waals surface area contributed by atoms with Crippen molar-refractivity contribution in [2.45, 2.75) is 15.0 Å². The summed E-state index contributed by atoms with van der Waals surface area (Å²) in [6, 6.07) is 16.2. The summed E-state index contributed by atoms with van der Waals surface area (Å²) in [5, 5.41) is 11.2. The first-order valence-corrected chi connectivity index (χ1v) is 11.8. The second-order valence-corrected chi connectivity index (χ2v) is 9.83. The van der Waals surface area contributed by atoms with Gasteiger partial charge in [0.1, 0.15) is 0 Å². The fourth-order valence-electron chi connectivity index (χ4n) is 2.23. The molecule has 0 radical (unpaired) electrons. The molecular formula is C19H18N4O3S3. The Morgan fingerprint density at radius 1 is 1.10 bits per heavy atom. The van der Waals surface area contributed by atoms with Gasteiger partial charge >= 0.3 is 0 Å². The van der Waals surface area contributed by atoms with Crippen LogP contribution < -0.4 is 10.0 Å². The van der Waals surface area contributed by atoms with E-state index in [1.807, 2.05) is 30.3 Å². The Labute approximate surface area is 177 Å². The Morgan fingerprint density at radius 3 is 2.52 bits per heavy atom. The molecule has 3 aromatic rings. The summed E-state index contributed by atoms with van der Waals surface area (Å²) in [6.45, 7) is 0. The van der Waals surface area contributed by atoms with Crippen molar-refractivity contribution in [2.75, 3.05) is 12.4 Å². The van der Waals surface area contributed by atoms with Crippen molar-refractivity contribution in [1.29, 1.82) is 0 Å². The van der Waals surface area contributed by atoms with Crippen molar-refractivity contribution in [3.05, 3.63) is 71.8 Å². The molecule has 0 atom stereocenters. The first-order valence-electron chi connectivity index (χ1n) is 8.49. The number of sulfonamides is 1. The quantitative estimate of drug-likeness (QED) is 0.312. The van der Waals surface area contributed by atoms with E-state index in [2.05, 4.69) is 20.2 Å². The maximum absolute atomic E-state index is 12.1. The number of nitrogens with zero attached hydrogens (tertiary/aromatic N) is 2. The number of rotatable bonds is 8. The molecule has 1 aromatic heterocycles. The number of nitrogens with one attached hydrogen (secondary N) is 2. The van der Waals surface area contributed by atoms with Crippen LogP contribution in [0.2, 0.25) is 0 Å². The third-order valence-electron chi connectivity index (χ3n) is 3.73. The van der Waals surface area contributed by atoms with Crippen molar-refractivity contribution in [3.63, 3.8) is 0 Å². The number of carbonyl (C=O) groups excluding carboxylic acids is 1. The van der Waals surface area contributed by atoms with Gasteiger partial charge in [0.25, 0.3) is 0 Å². The highest BCUT2D eigenvalue weighted by Gasteiger charge is 2.10. The predicted octanol–water partition coefficient (Wildman–Crippen LogP) is 3.39. The Morgan fingerprint density at radius 2 is 1.83 bits per heavy atom. The summed E-state index contributed by atoms with van der Waals surface area (Å²) in [4.78, 5) is 12.2. The van der Waals surface area contributed by atoms with Crippen molar-refractivity contribution < 1.29 is 13.2 Å². The molecule has 0 aliphatic heterocycles. The third-order valence-corrected chi connectivity index (χ3v) is 7.20. The van der Waals surface area contributed by atoms with E-state index in [0.29, 0.717) is 10.7 Å². The largest absolute Gasteiger partial charge is 0.297 e. The molecule has 0 saturated heterocycles. The van der Waals surface area contributed by atoms with Crippen LogP contribution in [0.4, 0.5) is 5.13 Å². The standard InChI is InChI=1S/C19H18N4O3S3/c1-20-29(25,26)16-10-7-14(8-11-16)9-12-17(24)21-18-22-23-19(28-18)27-13-15-5-3-2-4-6-15/h2-12,20H,13H2,1H3,(H,21,22,24). The second-order valence-electron chi connectivity index (χ2n) is 5.75. The van der Waals surface area contributed by atoms with Gasteiger partial charge in [0.2, 0.25) is 21.1 Å². The summed E-state index contributed by atoms with van der Waals surface area (Å²) in [7, 11) is -2.12. The van der Waals surface area contributed by atoms with E-state index < -0.39 is 10.0 Å². The van der Waals surface area contributed by atoms with Crippen molar-refractivity contribution in [2.24, 2.45) is 0 Å². The molecule has 10 heteroatoms. The van der Waals surface area contributed by atoms with Gasteiger partial charge in [-0.2, -0.15) is 0 Å². The minimum atomic E-state index is -3.48. The maximum Gasteiger partial charge on any atom is 0.250 e. The van der Waals surface area contributed by atoms with Gasteiger partial charge in [-0.25, -0.2) is 13.1 Å². The molecule has 2 aromatic carbocycles. The first-order chi connectivity index (χ1) is 14.0. The van der Waals surface area contributed by atoms with E-state index in [1.165, 1.54) is 42.2 Å². The molecule has 2 N–H and O–H groups in total. The molecular weight excluding hydrogens is 428 g/mol. The number of anilines is 1. The molecule has 0 fully saturated rings. The average Bonchev–Trinajstić information content (AvgIpc) is 3.19. The summed E-state index contributed by atoms with van der Waals surface area (Å²) in [5.74, 6) is 0.440. The van der Waals surface area contributed by atoms with Crippen LogP contribution in [0.1, 0.15) is 11.1 Å². The van der Waals surface area contributed by atoms with Gasteiger partial charge in [0.15, 0.2) is 4.34 Å². The number of carbonyl (C=O) groups is 1. The fourth-order valence-corrected chi connectivity index (χ4v) is 4.67. The lowest BCUT2D eigenvalue weighted by molar-refractivity contribution is -0.111. The lowest BCUT2D eigenvalue weighted by Crippen LogP contribution is -2.18. The number of amides is 1. The van der Waals surface area contributed by atoms with Crippen LogP contribution in [0.15, 0.2) is 69.9 Å². The molecule has 0 aliphatic carbocycles. The molecule has 7 nitrogen and oxygen atoms in total. The molecule has 3 rings (SSSR count). The van der Waals surface area contributed by atoms with Gasteiger partial charge in [-0.15, -0.1) is 10.2 Å². The van der Waals surface area contributed by atoms with E-state index in [0.717, 1.165) is 10.1 Å². The number of hydrogen-bond acceptors (Lipinski definition) is 7. The molecule has 0 bridgehead atoms. The highest BCUT2D eigenvalue weighted by molar-refractivity contribution is 8.00. The maximum atomic E-state index is 12.1. The van der Waals surface area contributed by atoms with Gasteiger partial charge in [0, 0.05) is 11.8 Å². The molecule has 0 saturated carbocycles. The van der Waals surface area contributed by atoms with E-state index >= 15 is 0 Å². The predicted molar refractivity (Wildman–Crippen MR) is 116 cm³/mol. The molecule has 1 amide bonds. The minimum absolute atomic E-state index is 0.163. The lowest BCUT2D eigenvalue weighted by Gasteiger charge is -2.02. The van der Waals surface area contributed by atoms with Crippen LogP contribution >= 0.6 is 23.1 Å². The Hall–Kier alpha value is -2.53. The second kappa shape index (κ2) is 9.79. The van der Waals surface area contributed by atoms with Crippen molar-refractivity contribution in [1.82, 2.24) is 14.9 Å². The molecule has 150 valence electrons. The Bertz CT molecular complexity index is 1100. The van der Waals surface area contributed by atoms with Gasteiger partial charge in [-0.3, -0.25) is 10.1 Å². The zero-order valence-electron chi connectivity index (χ0n) is 15.4. The molecule has 29 heavy (non-hydrogen) atoms. The van der Waals surface area contributed by atoms with E-state index in [9.17, 15) is 13.2 Å². The smallest absolute Gasteiger partial charge is 0.250 e. The van der Waals surface area contributed by atoms with E-state index in [-0.39, 0.29) is 10.8 Å². The monoisotopic (exact) mass is 446 g/mol. The van der Waals surface area contributed by atoms with Crippen LogP contribution in [-0.2, 0) is 20.6 Å². The highest BCUT2D eigenvalue weighted by Crippen LogP contribution is 2.28. The van der Waals surface area contributed by atoms with E-state index in [4.69, 9.17) is 0 Å². The van der Waals surface area contributed by atoms with Crippen LogP contribution in [-0.4, -0.2) is 31.6 Å².